The van der Waals surface area contributed by atoms with Crippen LogP contribution in [-0.4, -0.2) is 15.0 Å². The minimum Gasteiger partial charge on any atom is -0.208 e. The summed E-state index contributed by atoms with van der Waals surface area (Å²) in [5, 5.41) is 6.53. The zero-order valence-corrected chi connectivity index (χ0v) is 31.0. The topological polar surface area (TPSA) is 38.7 Å². The molecule has 0 aliphatic heterocycles. The van der Waals surface area contributed by atoms with E-state index in [-0.39, 0.29) is 34.5 Å². The van der Waals surface area contributed by atoms with Gasteiger partial charge in [0, 0.05) is 16.7 Å². The van der Waals surface area contributed by atoms with Crippen LogP contribution in [0.3, 0.4) is 0 Å². The van der Waals surface area contributed by atoms with E-state index in [1.54, 1.807) is 12.1 Å². The quantitative estimate of drug-likeness (QED) is 0.159. The summed E-state index contributed by atoms with van der Waals surface area (Å²) in [6.45, 7) is 0. The molecule has 0 atom stereocenters. The van der Waals surface area contributed by atoms with E-state index in [4.69, 9.17) is 24.5 Å². The smallest absolute Gasteiger partial charge is 0.164 e. The summed E-state index contributed by atoms with van der Waals surface area (Å²) in [6.07, 6.45) is 0. The highest BCUT2D eigenvalue weighted by Gasteiger charge is 2.17. The predicted molar refractivity (Wildman–Crippen MR) is 242 cm³/mol. The van der Waals surface area contributed by atoms with Crippen LogP contribution in [0.1, 0.15) is 9.60 Å². The molecule has 0 saturated heterocycles. The first-order valence-electron chi connectivity index (χ1n) is 22.6. The van der Waals surface area contributed by atoms with E-state index in [0.29, 0.717) is 23.0 Å². The van der Waals surface area contributed by atoms with Gasteiger partial charge in [0.25, 0.3) is 0 Å². The average Bonchev–Trinajstić information content (AvgIpc) is 3.36. The lowest BCUT2D eigenvalue weighted by Crippen LogP contribution is -2.01. The number of aromatic nitrogens is 3. The van der Waals surface area contributed by atoms with Crippen LogP contribution in [0.15, 0.2) is 212 Å². The van der Waals surface area contributed by atoms with Crippen LogP contribution in [0.4, 0.5) is 0 Å². The molecule has 3 nitrogen and oxygen atoms in total. The van der Waals surface area contributed by atoms with Crippen molar-refractivity contribution in [2.45, 2.75) is 0 Å². The second-order valence-corrected chi connectivity index (χ2v) is 14.3. The Balaban J connectivity index is 1.02. The van der Waals surface area contributed by atoms with Gasteiger partial charge in [0.1, 0.15) is 0 Å². The Bertz CT molecular complexity index is 3740. The first kappa shape index (κ1) is 27.0. The number of rotatable bonds is 6. The Morgan fingerprint density at radius 3 is 1.67 bits per heavy atom. The third-order valence-corrected chi connectivity index (χ3v) is 10.8. The third-order valence-electron chi connectivity index (χ3n) is 10.8. The number of hydrogen-bond acceptors (Lipinski definition) is 3. The molecule has 0 saturated carbocycles. The first-order chi connectivity index (χ1) is 31.6. The number of nitrogens with zero attached hydrogens (tertiary/aromatic N) is 3. The first-order valence-corrected chi connectivity index (χ1v) is 19.1. The van der Waals surface area contributed by atoms with Gasteiger partial charge in [-0.3, -0.25) is 0 Å². The molecule has 0 aliphatic carbocycles. The van der Waals surface area contributed by atoms with Crippen LogP contribution < -0.4 is 0 Å². The van der Waals surface area contributed by atoms with Gasteiger partial charge in [-0.25, -0.2) is 15.0 Å². The molecular weight excluding hydrogens is 703 g/mol. The molecule has 58 heavy (non-hydrogen) atoms. The van der Waals surface area contributed by atoms with Gasteiger partial charge < -0.3 is 0 Å². The molecule has 11 aromatic rings. The van der Waals surface area contributed by atoms with E-state index in [1.807, 2.05) is 54.6 Å². The average molecular weight is 745 g/mol. The number of benzene rings is 10. The highest BCUT2D eigenvalue weighted by molar-refractivity contribution is 6.13. The van der Waals surface area contributed by atoms with Crippen molar-refractivity contribution in [3.05, 3.63) is 212 Å². The predicted octanol–water partition coefficient (Wildman–Crippen LogP) is 14.5. The van der Waals surface area contributed by atoms with Gasteiger partial charge in [0.2, 0.25) is 0 Å². The molecule has 0 radical (unpaired) electrons. The zero-order chi connectivity index (χ0) is 44.5. The van der Waals surface area contributed by atoms with E-state index in [9.17, 15) is 0 Å². The van der Waals surface area contributed by atoms with E-state index < -0.39 is 24.2 Å². The van der Waals surface area contributed by atoms with Crippen LogP contribution in [0.25, 0.3) is 111 Å². The molecule has 1 heterocycles. The molecule has 1 aromatic heterocycles. The molecule has 0 aliphatic rings. The Kier molecular flexibility index (Phi) is 6.54. The lowest BCUT2D eigenvalue weighted by atomic mass is 9.96. The van der Waals surface area contributed by atoms with Crippen LogP contribution in [0.2, 0.25) is 0 Å². The van der Waals surface area contributed by atoms with Crippen molar-refractivity contribution in [1.29, 1.82) is 0 Å². The van der Waals surface area contributed by atoms with Crippen molar-refractivity contribution in [3.8, 4) is 67.5 Å². The highest BCUT2D eigenvalue weighted by atomic mass is 15.0. The summed E-state index contributed by atoms with van der Waals surface area (Å²) in [7, 11) is 0. The Hall–Kier alpha value is -7.75. The number of hydrogen-bond donors (Lipinski definition) is 0. The van der Waals surface area contributed by atoms with Gasteiger partial charge in [-0.15, -0.1) is 0 Å². The fourth-order valence-corrected chi connectivity index (χ4v) is 7.86. The van der Waals surface area contributed by atoms with Crippen molar-refractivity contribution in [2.24, 2.45) is 0 Å². The lowest BCUT2D eigenvalue weighted by molar-refractivity contribution is 1.08. The maximum atomic E-state index is 9.01. The SMILES string of the molecule is [2H]c1c([2H])c([2H])c2c([2H])c(-c3ccc(-c4cccc(-c5nc(-c6ccc(-c7cccc8ccccc78)cc6)nc(-c6cc7ccccc7c7ccccc67)n5)c4)cc3)c([2H])c([2H])c2c1[2H]. The van der Waals surface area contributed by atoms with Gasteiger partial charge >= 0.3 is 0 Å². The van der Waals surface area contributed by atoms with Gasteiger partial charge in [-0.1, -0.05) is 194 Å². The Morgan fingerprint density at radius 1 is 0.293 bits per heavy atom. The summed E-state index contributed by atoms with van der Waals surface area (Å²) in [5.74, 6) is 1.58. The lowest BCUT2D eigenvalue weighted by Gasteiger charge is -2.13. The maximum Gasteiger partial charge on any atom is 0.164 e. The third kappa shape index (κ3) is 6.07. The summed E-state index contributed by atoms with van der Waals surface area (Å²) >= 11 is 0. The van der Waals surface area contributed by atoms with Crippen molar-refractivity contribution in [3.63, 3.8) is 0 Å². The van der Waals surface area contributed by atoms with E-state index >= 15 is 0 Å². The summed E-state index contributed by atoms with van der Waals surface area (Å²) in [5.41, 5.74) is 7.09. The van der Waals surface area contributed by atoms with Crippen molar-refractivity contribution < 1.29 is 9.60 Å². The van der Waals surface area contributed by atoms with Gasteiger partial charge in [-0.2, -0.15) is 0 Å². The normalized spacial score (nSPS) is 13.1. The van der Waals surface area contributed by atoms with Crippen LogP contribution in [0, 0.1) is 0 Å². The number of fused-ring (bicyclic) bond motifs is 5. The summed E-state index contributed by atoms with van der Waals surface area (Å²) in [6, 6.07) is 54.6. The minimum absolute atomic E-state index is 0.0719. The standard InChI is InChI=1S/C55H35N3/c1-2-13-42-33-44(32-27-36(42)11-1)38-25-23-37(24-26-38)43-16-9-17-46(34-43)54-56-53(41-30-28-40(29-31-41)48-22-10-15-39-12-3-5-18-47(39)48)57-55(58-54)52-35-45-14-4-6-19-49(45)50-20-7-8-21-51(50)52/h1-35H/i1D,2D,11D,13D,27D,32D,33D. The second kappa shape index (κ2) is 14.1. The van der Waals surface area contributed by atoms with Crippen LogP contribution in [-0.2, 0) is 0 Å². The van der Waals surface area contributed by atoms with Gasteiger partial charge in [0.05, 0.1) is 9.60 Å². The van der Waals surface area contributed by atoms with E-state index in [2.05, 4.69) is 103 Å². The molecular formula is C55H35N3. The van der Waals surface area contributed by atoms with Gasteiger partial charge in [-0.05, 0) is 94.6 Å². The highest BCUT2D eigenvalue weighted by Crippen LogP contribution is 2.37. The van der Waals surface area contributed by atoms with Crippen molar-refractivity contribution in [1.82, 2.24) is 15.0 Å². The Labute approximate surface area is 346 Å². The van der Waals surface area contributed by atoms with Crippen LogP contribution >= 0.6 is 0 Å². The molecule has 0 spiro atoms. The fraction of sp³-hybridized carbons (Fsp3) is 0. The van der Waals surface area contributed by atoms with Gasteiger partial charge in [0.15, 0.2) is 17.5 Å². The molecule has 0 unspecified atom stereocenters. The largest absolute Gasteiger partial charge is 0.208 e. The molecule has 0 N–H and O–H groups in total. The Morgan fingerprint density at radius 2 is 0.862 bits per heavy atom. The van der Waals surface area contributed by atoms with Crippen LogP contribution in [0.5, 0.6) is 0 Å². The van der Waals surface area contributed by atoms with E-state index in [1.165, 1.54) is 10.8 Å². The zero-order valence-electron chi connectivity index (χ0n) is 38.0. The molecule has 0 amide bonds. The fourth-order valence-electron chi connectivity index (χ4n) is 7.86. The molecule has 0 bridgehead atoms. The molecule has 270 valence electrons. The van der Waals surface area contributed by atoms with Crippen molar-refractivity contribution in [2.75, 3.05) is 0 Å². The van der Waals surface area contributed by atoms with Crippen molar-refractivity contribution >= 4 is 43.1 Å². The molecule has 0 fully saturated rings. The van der Waals surface area contributed by atoms with E-state index in [0.717, 1.165) is 60.5 Å². The summed E-state index contributed by atoms with van der Waals surface area (Å²) in [4.78, 5) is 15.5. The monoisotopic (exact) mass is 744 g/mol. The molecule has 11 rings (SSSR count). The minimum atomic E-state index is -0.493. The maximum absolute atomic E-state index is 9.01. The molecule has 10 aromatic carbocycles. The molecule has 3 heteroatoms. The summed E-state index contributed by atoms with van der Waals surface area (Å²) < 4.78 is 59.7. The second-order valence-electron chi connectivity index (χ2n) is 14.3.